The monoisotopic (exact) mass is 392 g/mol. The Bertz CT molecular complexity index is 624. The van der Waals surface area contributed by atoms with Crippen molar-refractivity contribution in [3.63, 3.8) is 0 Å². The Morgan fingerprint density at radius 1 is 1.40 bits per heavy atom. The fourth-order valence-electron chi connectivity index (χ4n) is 1.99. The second-order valence-corrected chi connectivity index (χ2v) is 4.99. The van der Waals surface area contributed by atoms with Crippen LogP contribution < -0.4 is 11.2 Å². The summed E-state index contributed by atoms with van der Waals surface area (Å²) in [5.74, 6) is 0. The zero-order valence-electron chi connectivity index (χ0n) is 10.1. The number of rotatable bonds is 3. The normalized spacial score (nSPS) is 30.2. The van der Waals surface area contributed by atoms with E-state index < -0.39 is 42.4 Å². The van der Waals surface area contributed by atoms with Crippen molar-refractivity contribution < 1.29 is 20.1 Å². The van der Waals surface area contributed by atoms with Crippen LogP contribution in [0.25, 0.3) is 6.08 Å². The highest BCUT2D eigenvalue weighted by Crippen LogP contribution is 2.27. The van der Waals surface area contributed by atoms with Crippen molar-refractivity contribution >= 4 is 28.7 Å². The summed E-state index contributed by atoms with van der Waals surface area (Å²) in [4.78, 5) is 25.4. The molecule has 4 atom stereocenters. The van der Waals surface area contributed by atoms with E-state index in [0.29, 0.717) is 0 Å². The summed E-state index contributed by atoms with van der Waals surface area (Å²) < 4.78 is 7.81. The molecule has 2 rings (SSSR count). The summed E-state index contributed by atoms with van der Waals surface area (Å²) in [7, 11) is 0. The first-order chi connectivity index (χ1) is 9.49. The average molecular weight is 392 g/mol. The van der Waals surface area contributed by atoms with Gasteiger partial charge < -0.3 is 20.1 Å². The van der Waals surface area contributed by atoms with E-state index in [4.69, 9.17) is 9.84 Å². The number of aromatic nitrogens is 2. The zero-order chi connectivity index (χ0) is 14.9. The van der Waals surface area contributed by atoms with Crippen molar-refractivity contribution in [2.45, 2.75) is 24.5 Å². The number of aliphatic hydroxyl groups is 3. The molecule has 0 amide bonds. The largest absolute Gasteiger partial charge is 0.394 e. The molecule has 0 radical (unpaired) electrons. The van der Waals surface area contributed by atoms with Crippen LogP contribution in [0.4, 0.5) is 0 Å². The molecular weight excluding hydrogens is 379 g/mol. The highest BCUT2D eigenvalue weighted by Gasteiger charge is 2.43. The van der Waals surface area contributed by atoms with Gasteiger partial charge in [0.25, 0.3) is 5.56 Å². The molecule has 2 heterocycles. The summed E-state index contributed by atoms with van der Waals surface area (Å²) >= 11 is 1.92. The molecule has 4 N–H and O–H groups in total. The van der Waals surface area contributed by atoms with Crippen LogP contribution in [-0.4, -0.2) is 49.8 Å². The Labute approximate surface area is 126 Å². The fraction of sp³-hybridized carbons (Fsp3) is 0.455. The van der Waals surface area contributed by atoms with E-state index in [9.17, 15) is 19.8 Å². The van der Waals surface area contributed by atoms with E-state index in [-0.39, 0.29) is 5.56 Å². The summed E-state index contributed by atoms with van der Waals surface area (Å²) in [5.41, 5.74) is -1.13. The number of aromatic amines is 1. The van der Waals surface area contributed by atoms with Crippen LogP contribution in [0.1, 0.15) is 11.8 Å². The Morgan fingerprint density at radius 2 is 2.10 bits per heavy atom. The van der Waals surface area contributed by atoms with Crippen LogP contribution in [-0.2, 0) is 4.74 Å². The third kappa shape index (κ3) is 2.72. The maximum absolute atomic E-state index is 11.8. The van der Waals surface area contributed by atoms with Crippen LogP contribution in [0.3, 0.4) is 0 Å². The quantitative estimate of drug-likeness (QED) is 0.467. The number of H-pyrrole nitrogens is 1. The van der Waals surface area contributed by atoms with Gasteiger partial charge in [-0.1, -0.05) is 22.6 Å². The smallest absolute Gasteiger partial charge is 0.330 e. The number of aliphatic hydroxyl groups excluding tert-OH is 3. The van der Waals surface area contributed by atoms with Crippen LogP contribution >= 0.6 is 22.6 Å². The Balaban J connectivity index is 2.46. The van der Waals surface area contributed by atoms with Gasteiger partial charge in [-0.3, -0.25) is 14.3 Å². The van der Waals surface area contributed by atoms with Crippen LogP contribution in [0.2, 0.25) is 0 Å². The lowest BCUT2D eigenvalue weighted by molar-refractivity contribution is -0.0550. The predicted molar refractivity (Wildman–Crippen MR) is 77.4 cm³/mol. The first kappa shape index (κ1) is 15.4. The molecule has 0 aliphatic carbocycles. The number of hydrogen-bond donors (Lipinski definition) is 4. The van der Waals surface area contributed by atoms with Gasteiger partial charge in [0.15, 0.2) is 6.23 Å². The van der Waals surface area contributed by atoms with E-state index in [1.807, 2.05) is 22.6 Å². The number of nitrogens with one attached hydrogen (secondary N) is 1. The van der Waals surface area contributed by atoms with Gasteiger partial charge in [0.2, 0.25) is 0 Å². The van der Waals surface area contributed by atoms with Gasteiger partial charge in [-0.15, -0.1) is 0 Å². The molecule has 1 saturated heterocycles. The van der Waals surface area contributed by atoms with E-state index >= 15 is 0 Å². The summed E-state index contributed by atoms with van der Waals surface area (Å²) in [6.45, 7) is -0.493. The van der Waals surface area contributed by atoms with Crippen LogP contribution in [0.5, 0.6) is 0 Å². The zero-order valence-corrected chi connectivity index (χ0v) is 12.3. The third-order valence-corrected chi connectivity index (χ3v) is 3.39. The number of halogens is 1. The summed E-state index contributed by atoms with van der Waals surface area (Å²) in [6.07, 6.45) is -2.14. The van der Waals surface area contributed by atoms with E-state index in [1.54, 1.807) is 4.08 Å². The van der Waals surface area contributed by atoms with Crippen molar-refractivity contribution in [3.05, 3.63) is 36.7 Å². The Kier molecular flexibility index (Phi) is 4.75. The van der Waals surface area contributed by atoms with Crippen molar-refractivity contribution in [2.75, 3.05) is 6.61 Å². The molecule has 0 saturated carbocycles. The minimum Gasteiger partial charge on any atom is -0.394 e. The summed E-state index contributed by atoms with van der Waals surface area (Å²) in [6, 6.07) is 0. The van der Waals surface area contributed by atoms with Crippen molar-refractivity contribution in [3.8, 4) is 0 Å². The minimum absolute atomic E-state index is 0.205. The molecule has 110 valence electrons. The molecule has 0 unspecified atom stereocenters. The topological polar surface area (TPSA) is 125 Å². The predicted octanol–water partition coefficient (Wildman–Crippen LogP) is -1.45. The molecule has 1 aromatic rings. The highest BCUT2D eigenvalue weighted by atomic mass is 123. The molecule has 0 spiro atoms. The maximum Gasteiger partial charge on any atom is 0.330 e. The Morgan fingerprint density at radius 3 is 2.65 bits per heavy atom. The maximum atomic E-state index is 11.8. The van der Waals surface area contributed by atoms with E-state index in [0.717, 1.165) is 4.57 Å². The van der Waals surface area contributed by atoms with Gasteiger partial charge in [0.1, 0.15) is 18.3 Å². The third-order valence-electron chi connectivity index (χ3n) is 3.03. The van der Waals surface area contributed by atoms with Crippen molar-refractivity contribution in [2.24, 2.45) is 0 Å². The van der Waals surface area contributed by atoms with E-state index in [2.05, 4.69) is 4.98 Å². The molecule has 1 aliphatic heterocycles. The molecule has 1 fully saturated rings. The molecule has 1 aliphatic rings. The average Bonchev–Trinajstić information content (AvgIpc) is 2.70. The number of ether oxygens (including phenoxy) is 1. The van der Waals surface area contributed by atoms with Gasteiger partial charge in [-0.05, 0) is 10.2 Å². The second-order valence-electron chi connectivity index (χ2n) is 4.27. The molecule has 9 heteroatoms. The fourth-order valence-corrected chi connectivity index (χ4v) is 2.37. The molecule has 0 aromatic carbocycles. The summed E-state index contributed by atoms with van der Waals surface area (Å²) in [5, 5.41) is 28.6. The van der Waals surface area contributed by atoms with E-state index in [1.165, 1.54) is 12.3 Å². The highest BCUT2D eigenvalue weighted by molar-refractivity contribution is 14.1. The first-order valence-corrected chi connectivity index (χ1v) is 6.99. The van der Waals surface area contributed by atoms with Crippen LogP contribution in [0.15, 0.2) is 19.9 Å². The van der Waals surface area contributed by atoms with Crippen molar-refractivity contribution in [1.29, 1.82) is 0 Å². The van der Waals surface area contributed by atoms with Crippen LogP contribution in [0, 0.1) is 0 Å². The van der Waals surface area contributed by atoms with Gasteiger partial charge in [0, 0.05) is 6.20 Å². The van der Waals surface area contributed by atoms with Crippen molar-refractivity contribution in [1.82, 2.24) is 9.55 Å². The van der Waals surface area contributed by atoms with Gasteiger partial charge in [0.05, 0.1) is 12.2 Å². The Hall–Kier alpha value is -1.01. The number of hydrogen-bond acceptors (Lipinski definition) is 6. The lowest BCUT2D eigenvalue weighted by Crippen LogP contribution is -2.38. The lowest BCUT2D eigenvalue weighted by atomic mass is 10.1. The minimum atomic E-state index is -1.38. The number of nitrogens with zero attached hydrogens (tertiary/aromatic N) is 1. The lowest BCUT2D eigenvalue weighted by Gasteiger charge is -2.17. The van der Waals surface area contributed by atoms with Gasteiger partial charge in [-0.2, -0.15) is 0 Å². The molecule has 1 aromatic heterocycles. The molecular formula is C11H13IN2O6. The van der Waals surface area contributed by atoms with Gasteiger partial charge >= 0.3 is 5.69 Å². The first-order valence-electron chi connectivity index (χ1n) is 5.74. The second kappa shape index (κ2) is 6.18. The van der Waals surface area contributed by atoms with Gasteiger partial charge in [-0.25, -0.2) is 4.79 Å². The SMILES string of the molecule is O=c1[nH]c(=O)n([C@@H]2O[C@H](CO)[C@@H](O)[C@@H]2O)cc1/C=C/[123I]. The molecule has 0 bridgehead atoms. The molecule has 8 nitrogen and oxygen atoms in total. The molecule has 20 heavy (non-hydrogen) atoms. The standard InChI is InChI=1S/C11H13IN2O6/c12-2-1-5-3-14(11(19)13-9(5)18)10-8(17)7(16)6(4-15)20-10/h1-3,6-8,10,15-17H,4H2,(H,13,18,19)/b2-1+/t6-,7-,8+,10-/m1/s1/i12-4.